The first-order valence-corrected chi connectivity index (χ1v) is 8.78. The maximum Gasteiger partial charge on any atom is 0.274 e. The molecule has 146 valence electrons. The topological polar surface area (TPSA) is 85.2 Å². The number of ether oxygens (including phenoxy) is 1. The molecule has 0 unspecified atom stereocenters. The van der Waals surface area contributed by atoms with Gasteiger partial charge in [0.25, 0.3) is 5.91 Å². The highest BCUT2D eigenvalue weighted by atomic mass is 35.5. The van der Waals surface area contributed by atoms with Crippen molar-refractivity contribution in [2.45, 2.75) is 0 Å². The SMILES string of the molecule is COc1ccc(-n2nc(C(=O)N3CCNCC3)cc2-c2ccccn2)cn1.Cl. The number of carbonyl (C=O) groups excluding carboxylic acids is 1. The van der Waals surface area contributed by atoms with Crippen LogP contribution in [0.3, 0.4) is 0 Å². The van der Waals surface area contributed by atoms with E-state index in [-0.39, 0.29) is 18.3 Å². The summed E-state index contributed by atoms with van der Waals surface area (Å²) >= 11 is 0. The van der Waals surface area contributed by atoms with Gasteiger partial charge in [0.2, 0.25) is 5.88 Å². The van der Waals surface area contributed by atoms with Crippen molar-refractivity contribution in [3.8, 4) is 23.0 Å². The molecule has 0 radical (unpaired) electrons. The van der Waals surface area contributed by atoms with Crippen LogP contribution in [0.5, 0.6) is 5.88 Å². The van der Waals surface area contributed by atoms with Crippen molar-refractivity contribution in [1.29, 1.82) is 0 Å². The molecule has 0 bridgehead atoms. The molecule has 1 saturated heterocycles. The largest absolute Gasteiger partial charge is 0.481 e. The van der Waals surface area contributed by atoms with Crippen molar-refractivity contribution in [2.75, 3.05) is 33.3 Å². The highest BCUT2D eigenvalue weighted by Gasteiger charge is 2.23. The lowest BCUT2D eigenvalue weighted by atomic mass is 10.2. The third-order valence-corrected chi connectivity index (χ3v) is 4.43. The molecular formula is C19H21ClN6O2. The van der Waals surface area contributed by atoms with Crippen LogP contribution < -0.4 is 10.1 Å². The Morgan fingerprint density at radius 3 is 2.61 bits per heavy atom. The average molecular weight is 401 g/mol. The second-order valence-corrected chi connectivity index (χ2v) is 6.14. The van der Waals surface area contributed by atoms with Gasteiger partial charge < -0.3 is 15.0 Å². The van der Waals surface area contributed by atoms with Crippen LogP contribution in [-0.4, -0.2) is 63.8 Å². The second kappa shape index (κ2) is 8.81. The van der Waals surface area contributed by atoms with Gasteiger partial charge >= 0.3 is 0 Å². The number of halogens is 1. The Morgan fingerprint density at radius 2 is 1.96 bits per heavy atom. The fraction of sp³-hybridized carbons (Fsp3) is 0.263. The molecule has 4 rings (SSSR count). The average Bonchev–Trinajstić information content (AvgIpc) is 3.20. The van der Waals surface area contributed by atoms with Gasteiger partial charge in [-0.2, -0.15) is 5.10 Å². The summed E-state index contributed by atoms with van der Waals surface area (Å²) in [6.07, 6.45) is 3.38. The van der Waals surface area contributed by atoms with Crippen molar-refractivity contribution in [1.82, 2.24) is 30.0 Å². The maximum atomic E-state index is 12.9. The van der Waals surface area contributed by atoms with E-state index in [1.165, 1.54) is 0 Å². The minimum atomic E-state index is -0.0751. The lowest BCUT2D eigenvalue weighted by molar-refractivity contribution is 0.0729. The normalized spacial score (nSPS) is 13.7. The smallest absolute Gasteiger partial charge is 0.274 e. The molecule has 0 aliphatic carbocycles. The van der Waals surface area contributed by atoms with E-state index in [0.29, 0.717) is 24.7 Å². The van der Waals surface area contributed by atoms with E-state index in [9.17, 15) is 4.79 Å². The molecule has 1 fully saturated rings. The monoisotopic (exact) mass is 400 g/mol. The number of aromatic nitrogens is 4. The van der Waals surface area contributed by atoms with Crippen LogP contribution in [-0.2, 0) is 0 Å². The van der Waals surface area contributed by atoms with Gasteiger partial charge in [-0.15, -0.1) is 12.4 Å². The Balaban J connectivity index is 0.00000225. The van der Waals surface area contributed by atoms with Gasteiger partial charge in [-0.05, 0) is 24.3 Å². The van der Waals surface area contributed by atoms with E-state index < -0.39 is 0 Å². The summed E-state index contributed by atoms with van der Waals surface area (Å²) in [5.74, 6) is 0.441. The Hall–Kier alpha value is -2.97. The lowest BCUT2D eigenvalue weighted by Gasteiger charge is -2.26. The number of pyridine rings is 2. The van der Waals surface area contributed by atoms with Gasteiger partial charge in [-0.25, -0.2) is 9.67 Å². The molecule has 9 heteroatoms. The Bertz CT molecular complexity index is 923. The summed E-state index contributed by atoms with van der Waals surface area (Å²) in [5, 5.41) is 7.82. The van der Waals surface area contributed by atoms with Crippen molar-refractivity contribution in [3.05, 3.63) is 54.5 Å². The van der Waals surface area contributed by atoms with Crippen molar-refractivity contribution in [3.63, 3.8) is 0 Å². The van der Waals surface area contributed by atoms with E-state index >= 15 is 0 Å². The van der Waals surface area contributed by atoms with Crippen LogP contribution in [0.4, 0.5) is 0 Å². The molecule has 4 heterocycles. The zero-order valence-electron chi connectivity index (χ0n) is 15.4. The molecular weight excluding hydrogens is 380 g/mol. The number of amides is 1. The lowest BCUT2D eigenvalue weighted by Crippen LogP contribution is -2.46. The number of rotatable bonds is 4. The van der Waals surface area contributed by atoms with Crippen molar-refractivity contribution >= 4 is 18.3 Å². The number of methoxy groups -OCH3 is 1. The number of nitrogens with one attached hydrogen (secondary N) is 1. The Kier molecular flexibility index (Phi) is 6.23. The highest BCUT2D eigenvalue weighted by Crippen LogP contribution is 2.23. The van der Waals surface area contributed by atoms with Crippen molar-refractivity contribution in [2.24, 2.45) is 0 Å². The summed E-state index contributed by atoms with van der Waals surface area (Å²) in [5.41, 5.74) is 2.60. The molecule has 1 N–H and O–H groups in total. The van der Waals surface area contributed by atoms with Crippen LogP contribution in [0.15, 0.2) is 48.8 Å². The standard InChI is InChI=1S/C19H20N6O2.ClH/c1-27-18-6-5-14(13-22-18)25-17(15-4-2-3-7-21-15)12-16(23-25)19(26)24-10-8-20-9-11-24;/h2-7,12-13,20H,8-11H2,1H3;1H. The highest BCUT2D eigenvalue weighted by molar-refractivity contribution is 5.93. The molecule has 8 nitrogen and oxygen atoms in total. The first kappa shape index (κ1) is 19.8. The third kappa shape index (κ3) is 3.97. The number of hydrogen-bond donors (Lipinski definition) is 1. The molecule has 0 aromatic carbocycles. The van der Waals surface area contributed by atoms with Crippen LogP contribution in [0.25, 0.3) is 17.1 Å². The molecule has 1 aliphatic rings. The quantitative estimate of drug-likeness (QED) is 0.718. The first-order chi connectivity index (χ1) is 13.3. The van der Waals surface area contributed by atoms with E-state index in [2.05, 4.69) is 20.4 Å². The zero-order chi connectivity index (χ0) is 18.6. The summed E-state index contributed by atoms with van der Waals surface area (Å²) in [4.78, 5) is 23.4. The first-order valence-electron chi connectivity index (χ1n) is 8.78. The van der Waals surface area contributed by atoms with Gasteiger partial charge in [0, 0.05) is 38.4 Å². The third-order valence-electron chi connectivity index (χ3n) is 4.43. The molecule has 28 heavy (non-hydrogen) atoms. The Morgan fingerprint density at radius 1 is 1.14 bits per heavy atom. The van der Waals surface area contributed by atoms with E-state index in [1.54, 1.807) is 36.3 Å². The summed E-state index contributed by atoms with van der Waals surface area (Å²) in [6.45, 7) is 2.94. The van der Waals surface area contributed by atoms with E-state index in [4.69, 9.17) is 4.74 Å². The predicted molar refractivity (Wildman–Crippen MR) is 107 cm³/mol. The second-order valence-electron chi connectivity index (χ2n) is 6.14. The number of hydrogen-bond acceptors (Lipinski definition) is 6. The summed E-state index contributed by atoms with van der Waals surface area (Å²) in [6, 6.07) is 11.1. The maximum absolute atomic E-state index is 12.9. The van der Waals surface area contributed by atoms with Gasteiger partial charge in [0.15, 0.2) is 5.69 Å². The number of piperazine rings is 1. The zero-order valence-corrected chi connectivity index (χ0v) is 16.2. The van der Waals surface area contributed by atoms with Crippen LogP contribution in [0.2, 0.25) is 0 Å². The number of carbonyl (C=O) groups is 1. The minimum absolute atomic E-state index is 0. The van der Waals surface area contributed by atoms with Gasteiger partial charge in [0.05, 0.1) is 30.4 Å². The molecule has 0 saturated carbocycles. The molecule has 1 amide bonds. The van der Waals surface area contributed by atoms with Gasteiger partial charge in [-0.3, -0.25) is 9.78 Å². The Labute approximate surface area is 169 Å². The molecule has 0 spiro atoms. The predicted octanol–water partition coefficient (Wildman–Crippen LogP) is 1.81. The summed E-state index contributed by atoms with van der Waals surface area (Å²) in [7, 11) is 1.57. The molecule has 0 atom stereocenters. The van der Waals surface area contributed by atoms with E-state index in [0.717, 1.165) is 30.2 Å². The van der Waals surface area contributed by atoms with Crippen LogP contribution in [0.1, 0.15) is 10.5 Å². The number of nitrogens with zero attached hydrogens (tertiary/aromatic N) is 5. The van der Waals surface area contributed by atoms with Crippen molar-refractivity contribution < 1.29 is 9.53 Å². The molecule has 1 aliphatic heterocycles. The fourth-order valence-corrected chi connectivity index (χ4v) is 3.03. The molecule has 3 aromatic rings. The summed E-state index contributed by atoms with van der Waals surface area (Å²) < 4.78 is 6.82. The van der Waals surface area contributed by atoms with Crippen LogP contribution in [0, 0.1) is 0 Å². The minimum Gasteiger partial charge on any atom is -0.481 e. The molecule has 3 aromatic heterocycles. The fourth-order valence-electron chi connectivity index (χ4n) is 3.03. The van der Waals surface area contributed by atoms with Crippen LogP contribution >= 0.6 is 12.4 Å². The van der Waals surface area contributed by atoms with Gasteiger partial charge in [-0.1, -0.05) is 6.07 Å². The van der Waals surface area contributed by atoms with Gasteiger partial charge in [0.1, 0.15) is 0 Å². The van der Waals surface area contributed by atoms with E-state index in [1.807, 2.05) is 29.2 Å².